The number of hydrogen-bond donors (Lipinski definition) is 0. The molecular weight excluding hydrogens is 448 g/mol. The Hall–Kier alpha value is -4.74. The molecule has 12 heteroatoms. The molecule has 0 radical (unpaired) electrons. The lowest BCUT2D eigenvalue weighted by Gasteiger charge is -2.14. The van der Waals surface area contributed by atoms with Crippen molar-refractivity contribution in [1.82, 2.24) is 9.97 Å². The van der Waals surface area contributed by atoms with Crippen LogP contribution >= 0.6 is 0 Å². The van der Waals surface area contributed by atoms with E-state index in [0.717, 1.165) is 0 Å². The van der Waals surface area contributed by atoms with Crippen LogP contribution in [0.25, 0.3) is 22.5 Å². The smallest absolute Gasteiger partial charge is 0.359 e. The number of nitrogens with zero attached hydrogens (tertiary/aromatic N) is 4. The summed E-state index contributed by atoms with van der Waals surface area (Å²) in [5.74, 6) is -1.66. The van der Waals surface area contributed by atoms with E-state index in [4.69, 9.17) is 9.47 Å². The molecule has 0 bridgehead atoms. The van der Waals surface area contributed by atoms with E-state index in [1.807, 2.05) is 0 Å². The van der Waals surface area contributed by atoms with Crippen LogP contribution in [0.5, 0.6) is 0 Å². The lowest BCUT2D eigenvalue weighted by molar-refractivity contribution is -0.385. The molecule has 0 fully saturated rings. The Kier molecular flexibility index (Phi) is 7.21. The standard InChI is InChI=1S/C22H18N4O8/c1-3-33-21(27)19-17(13-5-9-15(10-6-13)25(29)30)24-20(22(28)34-4-2)18(23-19)14-7-11-16(12-8-14)26(31)32/h5-12H,3-4H2,1-2H3. The largest absolute Gasteiger partial charge is 0.461 e. The van der Waals surface area contributed by atoms with Gasteiger partial charge in [0.1, 0.15) is 11.4 Å². The van der Waals surface area contributed by atoms with Gasteiger partial charge in [0.25, 0.3) is 11.4 Å². The Labute approximate surface area is 192 Å². The van der Waals surface area contributed by atoms with Gasteiger partial charge in [0.2, 0.25) is 0 Å². The molecule has 0 saturated heterocycles. The molecule has 3 rings (SSSR count). The number of aromatic nitrogens is 2. The zero-order chi connectivity index (χ0) is 24.8. The Balaban J connectivity index is 2.27. The van der Waals surface area contributed by atoms with E-state index in [1.54, 1.807) is 13.8 Å². The maximum atomic E-state index is 12.7. The van der Waals surface area contributed by atoms with E-state index < -0.39 is 21.8 Å². The highest BCUT2D eigenvalue weighted by atomic mass is 16.6. The quantitative estimate of drug-likeness (QED) is 0.269. The second-order valence-electron chi connectivity index (χ2n) is 6.67. The minimum absolute atomic E-state index is 0.0344. The number of benzene rings is 2. The number of ether oxygens (including phenoxy) is 2. The van der Waals surface area contributed by atoms with Gasteiger partial charge in [-0.2, -0.15) is 0 Å². The van der Waals surface area contributed by atoms with Crippen molar-refractivity contribution >= 4 is 23.3 Å². The molecular formula is C22H18N4O8. The number of hydrogen-bond acceptors (Lipinski definition) is 10. The first-order valence-electron chi connectivity index (χ1n) is 10.0. The first-order chi connectivity index (χ1) is 16.3. The molecule has 0 amide bonds. The molecule has 1 heterocycles. The van der Waals surface area contributed by atoms with E-state index in [9.17, 15) is 29.8 Å². The lowest BCUT2D eigenvalue weighted by Crippen LogP contribution is -2.17. The van der Waals surface area contributed by atoms with Gasteiger partial charge in [-0.05, 0) is 38.1 Å². The van der Waals surface area contributed by atoms with Gasteiger partial charge in [-0.15, -0.1) is 0 Å². The number of nitro groups is 2. The lowest BCUT2D eigenvalue weighted by atomic mass is 10.0. The van der Waals surface area contributed by atoms with Crippen LogP contribution in [0, 0.1) is 20.2 Å². The van der Waals surface area contributed by atoms with Gasteiger partial charge in [-0.1, -0.05) is 0 Å². The molecule has 0 unspecified atom stereocenters. The monoisotopic (exact) mass is 466 g/mol. The van der Waals surface area contributed by atoms with Crippen molar-refractivity contribution < 1.29 is 28.9 Å². The van der Waals surface area contributed by atoms with Crippen LogP contribution in [0.4, 0.5) is 11.4 Å². The van der Waals surface area contributed by atoms with Gasteiger partial charge >= 0.3 is 11.9 Å². The second kappa shape index (κ2) is 10.3. The predicted octanol–water partition coefficient (Wildman–Crippen LogP) is 3.98. The molecule has 0 aliphatic heterocycles. The third-order valence-corrected chi connectivity index (χ3v) is 4.54. The van der Waals surface area contributed by atoms with Crippen molar-refractivity contribution in [1.29, 1.82) is 0 Å². The maximum Gasteiger partial charge on any atom is 0.359 e. The third-order valence-electron chi connectivity index (χ3n) is 4.54. The van der Waals surface area contributed by atoms with Crippen LogP contribution in [-0.2, 0) is 9.47 Å². The van der Waals surface area contributed by atoms with Crippen molar-refractivity contribution in [2.45, 2.75) is 13.8 Å². The Bertz CT molecular complexity index is 1160. The Morgan fingerprint density at radius 1 is 0.706 bits per heavy atom. The summed E-state index contributed by atoms with van der Waals surface area (Å²) in [6.07, 6.45) is 0. The van der Waals surface area contributed by atoms with Crippen molar-refractivity contribution in [2.24, 2.45) is 0 Å². The molecule has 0 spiro atoms. The first-order valence-corrected chi connectivity index (χ1v) is 10.0. The summed E-state index contributed by atoms with van der Waals surface area (Å²) < 4.78 is 10.2. The normalized spacial score (nSPS) is 10.4. The van der Waals surface area contributed by atoms with Crippen LogP contribution in [0.1, 0.15) is 34.8 Å². The molecule has 0 saturated carbocycles. The van der Waals surface area contributed by atoms with Gasteiger partial charge in [-0.3, -0.25) is 20.2 Å². The molecule has 0 aliphatic rings. The molecule has 0 N–H and O–H groups in total. The van der Waals surface area contributed by atoms with Gasteiger partial charge in [0.05, 0.1) is 23.1 Å². The summed E-state index contributed by atoms with van der Waals surface area (Å²) in [7, 11) is 0. The van der Waals surface area contributed by atoms with Crippen LogP contribution in [0.15, 0.2) is 48.5 Å². The number of non-ortho nitro benzene ring substituents is 2. The van der Waals surface area contributed by atoms with E-state index in [-0.39, 0.29) is 58.5 Å². The first kappa shape index (κ1) is 23.9. The molecule has 12 nitrogen and oxygen atoms in total. The number of rotatable bonds is 8. The van der Waals surface area contributed by atoms with Gasteiger partial charge < -0.3 is 9.47 Å². The Morgan fingerprint density at radius 2 is 1.03 bits per heavy atom. The second-order valence-corrected chi connectivity index (χ2v) is 6.67. The summed E-state index contributed by atoms with van der Waals surface area (Å²) in [6, 6.07) is 10.4. The fourth-order valence-corrected chi connectivity index (χ4v) is 3.00. The molecule has 3 aromatic rings. The molecule has 0 atom stereocenters. The predicted molar refractivity (Wildman–Crippen MR) is 118 cm³/mol. The van der Waals surface area contributed by atoms with Crippen molar-refractivity contribution in [3.05, 3.63) is 80.1 Å². The molecule has 174 valence electrons. The van der Waals surface area contributed by atoms with Crippen molar-refractivity contribution in [2.75, 3.05) is 13.2 Å². The summed E-state index contributed by atoms with van der Waals surface area (Å²) in [5.41, 5.74) is -0.354. The highest BCUT2D eigenvalue weighted by Crippen LogP contribution is 2.30. The van der Waals surface area contributed by atoms with Crippen molar-refractivity contribution in [3.8, 4) is 22.5 Å². The fraction of sp³-hybridized carbons (Fsp3) is 0.182. The highest BCUT2D eigenvalue weighted by Gasteiger charge is 2.26. The average Bonchev–Trinajstić information content (AvgIpc) is 2.83. The molecule has 34 heavy (non-hydrogen) atoms. The Morgan fingerprint density at radius 3 is 1.29 bits per heavy atom. The number of carbonyl (C=O) groups is 2. The van der Waals surface area contributed by atoms with E-state index in [0.29, 0.717) is 0 Å². The molecule has 1 aromatic heterocycles. The minimum atomic E-state index is -0.832. The zero-order valence-electron chi connectivity index (χ0n) is 18.1. The number of carbonyl (C=O) groups excluding carboxylic acids is 2. The van der Waals surface area contributed by atoms with Crippen LogP contribution < -0.4 is 0 Å². The van der Waals surface area contributed by atoms with E-state index in [1.165, 1.54) is 48.5 Å². The van der Waals surface area contributed by atoms with Gasteiger partial charge in [-0.25, -0.2) is 19.6 Å². The SMILES string of the molecule is CCOC(=O)c1nc(-c2ccc([N+](=O)[O-])cc2)c(C(=O)OCC)nc1-c1ccc([N+](=O)[O-])cc1. The third kappa shape index (κ3) is 5.01. The fourth-order valence-electron chi connectivity index (χ4n) is 3.00. The van der Waals surface area contributed by atoms with E-state index in [2.05, 4.69) is 9.97 Å². The van der Waals surface area contributed by atoms with E-state index >= 15 is 0 Å². The van der Waals surface area contributed by atoms with Crippen LogP contribution in [-0.4, -0.2) is 45.0 Å². The van der Waals surface area contributed by atoms with Crippen LogP contribution in [0.3, 0.4) is 0 Å². The number of nitro benzene ring substituents is 2. The molecule has 0 aliphatic carbocycles. The summed E-state index contributed by atoms with van der Waals surface area (Å²) in [5, 5.41) is 22.0. The molecule has 2 aromatic carbocycles. The minimum Gasteiger partial charge on any atom is -0.461 e. The van der Waals surface area contributed by atoms with Gasteiger partial charge in [0, 0.05) is 35.4 Å². The maximum absolute atomic E-state index is 12.7. The topological polar surface area (TPSA) is 165 Å². The summed E-state index contributed by atoms with van der Waals surface area (Å²) >= 11 is 0. The number of esters is 2. The summed E-state index contributed by atoms with van der Waals surface area (Å²) in [4.78, 5) is 54.9. The highest BCUT2D eigenvalue weighted by molar-refractivity contribution is 5.99. The van der Waals surface area contributed by atoms with Gasteiger partial charge in [0.15, 0.2) is 11.4 Å². The zero-order valence-corrected chi connectivity index (χ0v) is 18.1. The van der Waals surface area contributed by atoms with Crippen LogP contribution in [0.2, 0.25) is 0 Å². The summed E-state index contributed by atoms with van der Waals surface area (Å²) in [6.45, 7) is 3.27. The average molecular weight is 466 g/mol. The van der Waals surface area contributed by atoms with Crippen molar-refractivity contribution in [3.63, 3.8) is 0 Å².